The third kappa shape index (κ3) is 15.8. The molecule has 4 aromatic carbocycles. The second-order valence-electron chi connectivity index (χ2n) is 22.0. The fourth-order valence-corrected chi connectivity index (χ4v) is 9.52. The number of rotatable bonds is 27. The molecule has 0 saturated heterocycles. The predicted molar refractivity (Wildman–Crippen MR) is 288 cm³/mol. The average Bonchev–Trinajstić information content (AvgIpc) is 4.15. The van der Waals surface area contributed by atoms with Gasteiger partial charge in [0.1, 0.15) is 17.1 Å². The van der Waals surface area contributed by atoms with Crippen molar-refractivity contribution in [1.29, 1.82) is 0 Å². The lowest BCUT2D eigenvalue weighted by atomic mass is 9.94. The lowest BCUT2D eigenvalue weighted by molar-refractivity contribution is 0.432. The van der Waals surface area contributed by atoms with Crippen LogP contribution in [0.15, 0.2) is 123 Å². The highest BCUT2D eigenvalue weighted by molar-refractivity contribution is 5.80. The van der Waals surface area contributed by atoms with E-state index in [1.54, 1.807) is 0 Å². The van der Waals surface area contributed by atoms with E-state index in [2.05, 4.69) is 169 Å². The fourth-order valence-electron chi connectivity index (χ4n) is 9.52. The predicted octanol–water partition coefficient (Wildman–Crippen LogP) is 18.8. The van der Waals surface area contributed by atoms with Gasteiger partial charge >= 0.3 is 0 Å². The first-order valence-electron chi connectivity index (χ1n) is 26.7. The summed E-state index contributed by atoms with van der Waals surface area (Å²) in [4.78, 5) is 0. The Bertz CT molecular complexity index is 2280. The van der Waals surface area contributed by atoms with Gasteiger partial charge in [-0.1, -0.05) is 208 Å². The first-order valence-corrected chi connectivity index (χ1v) is 26.7. The molecule has 0 fully saturated rings. The zero-order valence-corrected chi connectivity index (χ0v) is 43.5. The highest BCUT2D eigenvalue weighted by atomic mass is 16.5. The molecule has 69 heavy (non-hydrogen) atoms. The van der Waals surface area contributed by atoms with E-state index in [4.69, 9.17) is 13.6 Å². The van der Waals surface area contributed by atoms with Crippen LogP contribution in [0.3, 0.4) is 0 Å². The second kappa shape index (κ2) is 25.4. The Kier molecular flexibility index (Phi) is 18.9. The van der Waals surface area contributed by atoms with Gasteiger partial charge in [0.25, 0.3) is 0 Å². The molecular formula is C63H81N3O3. The van der Waals surface area contributed by atoms with Crippen LogP contribution < -0.4 is 0 Å². The highest BCUT2D eigenvalue weighted by Gasteiger charge is 2.19. The number of benzene rings is 4. The highest BCUT2D eigenvalue weighted by Crippen LogP contribution is 2.37. The summed E-state index contributed by atoms with van der Waals surface area (Å²) in [5, 5.41) is 13.7. The van der Waals surface area contributed by atoms with E-state index in [9.17, 15) is 0 Å². The maximum absolute atomic E-state index is 6.11. The van der Waals surface area contributed by atoms with Crippen LogP contribution in [0.5, 0.6) is 0 Å². The van der Waals surface area contributed by atoms with Crippen LogP contribution in [-0.4, -0.2) is 15.5 Å². The van der Waals surface area contributed by atoms with Gasteiger partial charge in [0.05, 0.1) is 0 Å². The summed E-state index contributed by atoms with van der Waals surface area (Å²) >= 11 is 0. The third-order valence-electron chi connectivity index (χ3n) is 14.3. The summed E-state index contributed by atoms with van der Waals surface area (Å²) in [6, 6.07) is 38.7. The van der Waals surface area contributed by atoms with Gasteiger partial charge in [-0.15, -0.1) is 0 Å². The summed E-state index contributed by atoms with van der Waals surface area (Å²) in [6.07, 6.45) is 18.7. The van der Waals surface area contributed by atoms with Crippen LogP contribution in [0.25, 0.3) is 67.7 Å². The Balaban J connectivity index is 1.09. The van der Waals surface area contributed by atoms with Gasteiger partial charge in [0.15, 0.2) is 17.3 Å². The Morgan fingerprint density at radius 2 is 0.565 bits per heavy atom. The fraction of sp³-hybridized carbons (Fsp3) is 0.476. The monoisotopic (exact) mass is 928 g/mol. The lowest BCUT2D eigenvalue weighted by Gasteiger charge is -2.12. The van der Waals surface area contributed by atoms with Crippen molar-refractivity contribution in [2.75, 3.05) is 0 Å². The van der Waals surface area contributed by atoms with Gasteiger partial charge < -0.3 is 13.6 Å². The molecule has 3 atom stereocenters. The summed E-state index contributed by atoms with van der Waals surface area (Å²) in [5.74, 6) is 6.49. The molecule has 0 aliphatic heterocycles. The molecular weight excluding hydrogens is 847 g/mol. The Morgan fingerprint density at radius 3 is 0.812 bits per heavy atom. The number of hydrogen-bond donors (Lipinski definition) is 0. The van der Waals surface area contributed by atoms with Crippen LogP contribution in [0, 0.1) is 35.5 Å². The molecule has 3 aromatic heterocycles. The first kappa shape index (κ1) is 51.4. The van der Waals surface area contributed by atoms with Gasteiger partial charge in [-0.3, -0.25) is 0 Å². The Labute approximate surface area is 415 Å². The minimum Gasteiger partial charge on any atom is -0.356 e. The number of aryl methyl sites for hydroxylation is 3. The van der Waals surface area contributed by atoms with Gasteiger partial charge in [-0.05, 0) is 109 Å². The van der Waals surface area contributed by atoms with Crippen LogP contribution >= 0.6 is 0 Å². The van der Waals surface area contributed by atoms with E-state index in [0.717, 1.165) is 105 Å². The topological polar surface area (TPSA) is 78.1 Å². The van der Waals surface area contributed by atoms with Crippen LogP contribution in [-0.2, 0) is 19.3 Å². The largest absolute Gasteiger partial charge is 0.356 e. The number of hydrogen-bond acceptors (Lipinski definition) is 6. The van der Waals surface area contributed by atoms with Crippen molar-refractivity contribution >= 4 is 0 Å². The Morgan fingerprint density at radius 1 is 0.304 bits per heavy atom. The molecule has 0 radical (unpaired) electrons. The summed E-state index contributed by atoms with van der Waals surface area (Å²) < 4.78 is 18.3. The molecule has 0 spiro atoms. The van der Waals surface area contributed by atoms with Crippen molar-refractivity contribution in [3.05, 3.63) is 126 Å². The molecule has 7 aromatic rings. The molecule has 0 aliphatic rings. The molecule has 6 nitrogen and oxygen atoms in total. The van der Waals surface area contributed by atoms with E-state index in [1.165, 1.54) is 93.7 Å². The normalized spacial score (nSPS) is 13.2. The number of aromatic nitrogens is 3. The van der Waals surface area contributed by atoms with Gasteiger partial charge in [0.2, 0.25) is 0 Å². The van der Waals surface area contributed by atoms with E-state index in [0.29, 0.717) is 17.3 Å². The summed E-state index contributed by atoms with van der Waals surface area (Å²) in [5.41, 5.74) is 12.1. The van der Waals surface area contributed by atoms with Gasteiger partial charge in [-0.25, -0.2) is 0 Å². The first-order chi connectivity index (χ1) is 33.3. The third-order valence-corrected chi connectivity index (χ3v) is 14.3. The number of nitrogens with zero attached hydrogens (tertiary/aromatic N) is 3. The molecule has 6 heteroatoms. The van der Waals surface area contributed by atoms with E-state index < -0.39 is 0 Å². The maximum Gasteiger partial charge on any atom is 0.167 e. The standard InChI is InChI=1S/C63H81N3O3/c1-43(2)13-10-16-46(7)19-22-49-25-31-52(32-26-49)58-40-61(67-64-58)55-37-56(62-41-59(65-68-62)53-33-27-50(28-34-53)23-20-47(8)17-11-14-44(3)4)39-57(38-55)63-42-60(66-69-63)54-35-29-51(30-36-54)24-21-48(9)18-12-15-45(5)6/h25-48H,10-24H2,1-9H3/t46-,47-,48-/m0/s1. The minimum atomic E-state index is 0.654. The van der Waals surface area contributed by atoms with Gasteiger partial charge in [-0.2, -0.15) is 0 Å². The maximum atomic E-state index is 6.11. The molecule has 366 valence electrons. The van der Waals surface area contributed by atoms with Gasteiger partial charge in [0, 0.05) is 51.6 Å². The zero-order valence-electron chi connectivity index (χ0n) is 43.5. The lowest BCUT2D eigenvalue weighted by Crippen LogP contribution is -1.99. The van der Waals surface area contributed by atoms with E-state index in [1.807, 2.05) is 18.2 Å². The molecule has 7 rings (SSSR count). The van der Waals surface area contributed by atoms with E-state index >= 15 is 0 Å². The molecule has 0 unspecified atom stereocenters. The molecule has 0 amide bonds. The molecule has 0 N–H and O–H groups in total. The summed E-state index contributed by atoms with van der Waals surface area (Å²) in [6.45, 7) is 21.1. The zero-order chi connectivity index (χ0) is 48.7. The summed E-state index contributed by atoms with van der Waals surface area (Å²) in [7, 11) is 0. The average molecular weight is 928 g/mol. The second-order valence-corrected chi connectivity index (χ2v) is 22.0. The SMILES string of the molecule is CC(C)CCC[C@H](C)CCc1ccc(-c2cc(-c3cc(-c4cc(-c5ccc(CC[C@@H](C)CCCC(C)C)cc5)no4)cc(-c4cc(-c5ccc(CC[C@@H](C)CCCC(C)C)cc5)no4)c3)on2)cc1. The molecule has 3 heterocycles. The van der Waals surface area contributed by atoms with Crippen molar-refractivity contribution in [3.63, 3.8) is 0 Å². The van der Waals surface area contributed by atoms with Crippen molar-refractivity contribution in [2.45, 2.75) is 159 Å². The van der Waals surface area contributed by atoms with Crippen molar-refractivity contribution in [2.24, 2.45) is 35.5 Å². The van der Waals surface area contributed by atoms with Crippen LogP contribution in [0.2, 0.25) is 0 Å². The van der Waals surface area contributed by atoms with Crippen molar-refractivity contribution in [1.82, 2.24) is 15.5 Å². The molecule has 0 saturated carbocycles. The molecule has 0 aliphatic carbocycles. The quantitative estimate of drug-likeness (QED) is 0.0511. The Hall–Kier alpha value is -5.49. The van der Waals surface area contributed by atoms with Crippen LogP contribution in [0.4, 0.5) is 0 Å². The molecule has 0 bridgehead atoms. The van der Waals surface area contributed by atoms with Crippen molar-refractivity contribution in [3.8, 4) is 67.7 Å². The smallest absolute Gasteiger partial charge is 0.167 e. The van der Waals surface area contributed by atoms with E-state index in [-0.39, 0.29) is 0 Å². The van der Waals surface area contributed by atoms with Crippen LogP contribution in [0.1, 0.15) is 156 Å². The minimum absolute atomic E-state index is 0.654. The van der Waals surface area contributed by atoms with Crippen molar-refractivity contribution < 1.29 is 13.6 Å².